The summed E-state index contributed by atoms with van der Waals surface area (Å²) >= 11 is 1.75. The fraction of sp³-hybridized carbons (Fsp3) is 0.176. The molecule has 0 atom stereocenters. The summed E-state index contributed by atoms with van der Waals surface area (Å²) in [6.45, 7) is 0. The molecule has 0 radical (unpaired) electrons. The summed E-state index contributed by atoms with van der Waals surface area (Å²) in [5.41, 5.74) is 3.43. The Morgan fingerprint density at radius 1 is 1.08 bits per heavy atom. The highest BCUT2D eigenvalue weighted by atomic mass is 32.2. The van der Waals surface area contributed by atoms with Gasteiger partial charge in [-0.15, -0.1) is 0 Å². The highest BCUT2D eigenvalue weighted by molar-refractivity contribution is 7.98. The normalized spacial score (nSPS) is 13.3. The minimum atomic E-state index is -1.59. The van der Waals surface area contributed by atoms with Crippen LogP contribution in [0, 0.1) is 0 Å². The average Bonchev–Trinajstić information content (AvgIpc) is 2.68. The first-order chi connectivity index (χ1) is 12.6. The molecule has 0 saturated carbocycles. The molecule has 0 unspecified atom stereocenters. The van der Waals surface area contributed by atoms with Crippen LogP contribution in [-0.2, 0) is 12.2 Å². The van der Waals surface area contributed by atoms with E-state index in [-0.39, 0.29) is 11.0 Å². The lowest BCUT2D eigenvalue weighted by Crippen LogP contribution is -2.30. The smallest absolute Gasteiger partial charge is 0.423 e. The van der Waals surface area contributed by atoms with Crippen molar-refractivity contribution in [3.05, 3.63) is 58.3 Å². The summed E-state index contributed by atoms with van der Waals surface area (Å²) in [6.07, 6.45) is 3.56. The van der Waals surface area contributed by atoms with Crippen LogP contribution in [0.1, 0.15) is 11.3 Å². The molecule has 7 nitrogen and oxygen atoms in total. The zero-order valence-corrected chi connectivity index (χ0v) is 14.5. The maximum absolute atomic E-state index is 12.3. The molecular formula is C17H15BN4O3S. The van der Waals surface area contributed by atoms with E-state index < -0.39 is 7.12 Å². The molecular weight excluding hydrogens is 351 g/mol. The zero-order chi connectivity index (χ0) is 18.1. The molecule has 0 aliphatic carbocycles. The number of nitrogens with one attached hydrogen (secondary N) is 1. The van der Waals surface area contributed by atoms with Crippen LogP contribution < -0.4 is 11.0 Å². The van der Waals surface area contributed by atoms with Crippen LogP contribution in [-0.4, -0.2) is 42.9 Å². The Labute approximate surface area is 153 Å². The number of aromatic nitrogens is 4. The molecule has 3 aromatic rings. The third-order valence-electron chi connectivity index (χ3n) is 4.22. The molecule has 1 aromatic carbocycles. The van der Waals surface area contributed by atoms with Gasteiger partial charge < -0.3 is 15.0 Å². The van der Waals surface area contributed by atoms with Crippen LogP contribution in [0.4, 0.5) is 0 Å². The SMILES string of the molecule is O=c1[nH]c(-c2ccc(-c3ncc(B(O)O)cn3)cc2)nc2c1CSCC2. The van der Waals surface area contributed by atoms with Crippen LogP contribution in [0.15, 0.2) is 41.5 Å². The lowest BCUT2D eigenvalue weighted by Gasteiger charge is -2.14. The van der Waals surface area contributed by atoms with Gasteiger partial charge in [-0.1, -0.05) is 24.3 Å². The Kier molecular flexibility index (Phi) is 4.58. The second-order valence-electron chi connectivity index (χ2n) is 5.93. The largest absolute Gasteiger partial charge is 0.491 e. The van der Waals surface area contributed by atoms with E-state index in [2.05, 4.69) is 19.9 Å². The van der Waals surface area contributed by atoms with E-state index in [9.17, 15) is 4.79 Å². The molecule has 130 valence electrons. The Balaban J connectivity index is 1.64. The van der Waals surface area contributed by atoms with E-state index in [0.29, 0.717) is 17.4 Å². The quantitative estimate of drug-likeness (QED) is 0.574. The number of aryl methyl sites for hydroxylation is 1. The Morgan fingerprint density at radius 3 is 2.46 bits per heavy atom. The molecule has 0 saturated heterocycles. The van der Waals surface area contributed by atoms with Crippen molar-refractivity contribution >= 4 is 24.3 Å². The van der Waals surface area contributed by atoms with Crippen LogP contribution >= 0.6 is 11.8 Å². The predicted molar refractivity (Wildman–Crippen MR) is 101 cm³/mol. The lowest BCUT2D eigenvalue weighted by atomic mass is 9.83. The van der Waals surface area contributed by atoms with Gasteiger partial charge in [-0.05, 0) is 12.2 Å². The van der Waals surface area contributed by atoms with Crippen LogP contribution in [0.3, 0.4) is 0 Å². The summed E-state index contributed by atoms with van der Waals surface area (Å²) in [7, 11) is -1.59. The van der Waals surface area contributed by atoms with Gasteiger partial charge in [-0.3, -0.25) is 4.79 Å². The van der Waals surface area contributed by atoms with Crippen molar-refractivity contribution in [2.75, 3.05) is 5.75 Å². The fourth-order valence-corrected chi connectivity index (χ4v) is 3.76. The monoisotopic (exact) mass is 366 g/mol. The van der Waals surface area contributed by atoms with E-state index >= 15 is 0 Å². The van der Waals surface area contributed by atoms with E-state index in [0.717, 1.165) is 34.6 Å². The van der Waals surface area contributed by atoms with Crippen molar-refractivity contribution in [1.82, 2.24) is 19.9 Å². The third kappa shape index (κ3) is 3.28. The number of hydrogen-bond acceptors (Lipinski definition) is 7. The van der Waals surface area contributed by atoms with Gasteiger partial charge in [-0.2, -0.15) is 11.8 Å². The van der Waals surface area contributed by atoms with Crippen molar-refractivity contribution in [2.45, 2.75) is 12.2 Å². The van der Waals surface area contributed by atoms with Crippen molar-refractivity contribution in [3.8, 4) is 22.8 Å². The Hall–Kier alpha value is -2.49. The molecule has 0 amide bonds. The van der Waals surface area contributed by atoms with Gasteiger partial charge >= 0.3 is 7.12 Å². The van der Waals surface area contributed by atoms with E-state index in [4.69, 9.17) is 10.0 Å². The van der Waals surface area contributed by atoms with Crippen LogP contribution in [0.2, 0.25) is 0 Å². The molecule has 9 heteroatoms. The van der Waals surface area contributed by atoms with Gasteiger partial charge in [-0.25, -0.2) is 15.0 Å². The number of thioether (sulfide) groups is 1. The summed E-state index contributed by atoms with van der Waals surface area (Å²) in [6, 6.07) is 7.40. The number of hydrogen-bond donors (Lipinski definition) is 3. The standard InChI is InChI=1S/C17H15BN4O3S/c23-17-13-9-26-6-5-14(13)21-16(22-17)11-3-1-10(2-4-11)15-19-7-12(8-20-15)18(24)25/h1-4,7-8,24-25H,5-6,9H2,(H,21,22,23). The molecule has 4 rings (SSSR count). The van der Waals surface area contributed by atoms with Gasteiger partial charge in [0, 0.05) is 40.3 Å². The van der Waals surface area contributed by atoms with Crippen molar-refractivity contribution in [1.29, 1.82) is 0 Å². The van der Waals surface area contributed by atoms with Gasteiger partial charge in [0.25, 0.3) is 5.56 Å². The van der Waals surface area contributed by atoms with Crippen LogP contribution in [0.25, 0.3) is 22.8 Å². The first kappa shape index (κ1) is 17.0. The molecule has 0 bridgehead atoms. The van der Waals surface area contributed by atoms with Crippen molar-refractivity contribution < 1.29 is 10.0 Å². The molecule has 0 fully saturated rings. The lowest BCUT2D eigenvalue weighted by molar-refractivity contribution is 0.425. The summed E-state index contributed by atoms with van der Waals surface area (Å²) in [4.78, 5) is 28.0. The number of rotatable bonds is 3. The van der Waals surface area contributed by atoms with Gasteiger partial charge in [0.2, 0.25) is 0 Å². The molecule has 3 N–H and O–H groups in total. The van der Waals surface area contributed by atoms with Gasteiger partial charge in [0.1, 0.15) is 5.82 Å². The predicted octanol–water partition coefficient (Wildman–Crippen LogP) is 0.363. The maximum Gasteiger partial charge on any atom is 0.491 e. The Morgan fingerprint density at radius 2 is 1.77 bits per heavy atom. The minimum Gasteiger partial charge on any atom is -0.423 e. The second kappa shape index (κ2) is 7.03. The van der Waals surface area contributed by atoms with Gasteiger partial charge in [0.15, 0.2) is 5.82 Å². The molecule has 3 heterocycles. The number of benzene rings is 1. The first-order valence-corrected chi connectivity index (χ1v) is 9.26. The summed E-state index contributed by atoms with van der Waals surface area (Å²) < 4.78 is 0. The topological polar surface area (TPSA) is 112 Å². The maximum atomic E-state index is 12.3. The first-order valence-electron chi connectivity index (χ1n) is 8.10. The second-order valence-corrected chi connectivity index (χ2v) is 7.04. The zero-order valence-electron chi connectivity index (χ0n) is 13.7. The highest BCUT2D eigenvalue weighted by Gasteiger charge is 2.17. The van der Waals surface area contributed by atoms with E-state index in [1.165, 1.54) is 12.4 Å². The van der Waals surface area contributed by atoms with Crippen molar-refractivity contribution in [3.63, 3.8) is 0 Å². The molecule has 2 aromatic heterocycles. The molecule has 0 spiro atoms. The minimum absolute atomic E-state index is 0.0669. The summed E-state index contributed by atoms with van der Waals surface area (Å²) in [5.74, 6) is 2.74. The number of fused-ring (bicyclic) bond motifs is 1. The number of aromatic amines is 1. The molecule has 1 aliphatic rings. The average molecular weight is 366 g/mol. The van der Waals surface area contributed by atoms with E-state index in [1.54, 1.807) is 11.8 Å². The third-order valence-corrected chi connectivity index (χ3v) is 5.20. The van der Waals surface area contributed by atoms with Gasteiger partial charge in [0.05, 0.1) is 5.69 Å². The molecule has 26 heavy (non-hydrogen) atoms. The highest BCUT2D eigenvalue weighted by Crippen LogP contribution is 2.24. The van der Waals surface area contributed by atoms with E-state index in [1.807, 2.05) is 24.3 Å². The molecule has 1 aliphatic heterocycles. The van der Waals surface area contributed by atoms with Crippen LogP contribution in [0.5, 0.6) is 0 Å². The summed E-state index contributed by atoms with van der Waals surface area (Å²) in [5, 5.41) is 18.2. The van der Waals surface area contributed by atoms with Crippen molar-refractivity contribution in [2.24, 2.45) is 0 Å². The Bertz CT molecular complexity index is 990. The number of H-pyrrole nitrogens is 1. The number of nitrogens with zero attached hydrogens (tertiary/aromatic N) is 3. The fourth-order valence-electron chi connectivity index (χ4n) is 2.78.